The Morgan fingerprint density at radius 3 is 2.45 bits per heavy atom. The van der Waals surface area contributed by atoms with Gasteiger partial charge >= 0.3 is 0 Å². The maximum atomic E-state index is 12.5. The van der Waals surface area contributed by atoms with E-state index in [1.54, 1.807) is 6.07 Å². The molecule has 0 saturated carbocycles. The smallest absolute Gasteiger partial charge is 0.0574 e. The lowest BCUT2D eigenvalue weighted by Gasteiger charge is -2.18. The van der Waals surface area contributed by atoms with Crippen LogP contribution in [0.3, 0.4) is 0 Å². The number of halogens is 1. The number of benzene rings is 2. The standard InChI is InChI=1S/C16H18ClNOS/c1-12-7-3-4-8-13(12)15(18-2)11-20(19)16-10-6-5-9-14(16)17/h3-10,15,18H,11H2,1-2H3. The molecule has 1 N–H and O–H groups in total. The molecule has 2 unspecified atom stereocenters. The molecule has 2 nitrogen and oxygen atoms in total. The summed E-state index contributed by atoms with van der Waals surface area (Å²) in [6.45, 7) is 2.07. The van der Waals surface area contributed by atoms with E-state index in [1.165, 1.54) is 11.1 Å². The topological polar surface area (TPSA) is 29.1 Å². The van der Waals surface area contributed by atoms with E-state index in [4.69, 9.17) is 11.6 Å². The Morgan fingerprint density at radius 2 is 1.80 bits per heavy atom. The van der Waals surface area contributed by atoms with Crippen LogP contribution in [-0.4, -0.2) is 17.0 Å². The SMILES string of the molecule is CNC(CS(=O)c1ccccc1Cl)c1ccccc1C. The van der Waals surface area contributed by atoms with E-state index in [0.717, 1.165) is 0 Å². The molecule has 2 aromatic carbocycles. The van der Waals surface area contributed by atoms with Crippen molar-refractivity contribution in [1.29, 1.82) is 0 Å². The largest absolute Gasteiger partial charge is 0.312 e. The summed E-state index contributed by atoms with van der Waals surface area (Å²) in [7, 11) is 0.762. The van der Waals surface area contributed by atoms with E-state index in [9.17, 15) is 4.21 Å². The van der Waals surface area contributed by atoms with Gasteiger partial charge < -0.3 is 5.32 Å². The molecule has 4 heteroatoms. The quantitative estimate of drug-likeness (QED) is 0.912. The van der Waals surface area contributed by atoms with E-state index in [2.05, 4.69) is 24.4 Å². The van der Waals surface area contributed by atoms with Crippen LogP contribution in [0.1, 0.15) is 17.2 Å². The van der Waals surface area contributed by atoms with Crippen LogP contribution in [0, 0.1) is 6.92 Å². The fraction of sp³-hybridized carbons (Fsp3) is 0.250. The highest BCUT2D eigenvalue weighted by atomic mass is 35.5. The lowest BCUT2D eigenvalue weighted by molar-refractivity contribution is 0.633. The van der Waals surface area contributed by atoms with Crippen LogP contribution in [0.4, 0.5) is 0 Å². The number of nitrogens with one attached hydrogen (secondary N) is 1. The highest BCUT2D eigenvalue weighted by molar-refractivity contribution is 7.85. The second kappa shape index (κ2) is 7.02. The van der Waals surface area contributed by atoms with Crippen LogP contribution in [-0.2, 0) is 10.8 Å². The Balaban J connectivity index is 2.21. The molecule has 0 radical (unpaired) electrons. The van der Waals surface area contributed by atoms with Gasteiger partial charge in [0.05, 0.1) is 20.7 Å². The first kappa shape index (κ1) is 15.2. The van der Waals surface area contributed by atoms with Gasteiger partial charge in [0.25, 0.3) is 0 Å². The van der Waals surface area contributed by atoms with Gasteiger partial charge in [0.1, 0.15) is 0 Å². The molecule has 0 amide bonds. The molecule has 0 aliphatic heterocycles. The zero-order valence-corrected chi connectivity index (χ0v) is 13.2. The molecule has 2 atom stereocenters. The molecule has 0 saturated heterocycles. The van der Waals surface area contributed by atoms with Crippen LogP contribution >= 0.6 is 11.6 Å². The molecule has 0 spiro atoms. The molecule has 106 valence electrons. The van der Waals surface area contributed by atoms with Crippen molar-refractivity contribution in [1.82, 2.24) is 5.32 Å². The van der Waals surface area contributed by atoms with Crippen molar-refractivity contribution < 1.29 is 4.21 Å². The fourth-order valence-corrected chi connectivity index (χ4v) is 3.92. The van der Waals surface area contributed by atoms with E-state index >= 15 is 0 Å². The maximum absolute atomic E-state index is 12.5. The third-order valence-corrected chi connectivity index (χ3v) is 5.24. The van der Waals surface area contributed by atoms with Crippen LogP contribution in [0.5, 0.6) is 0 Å². The molecule has 0 aromatic heterocycles. The lowest BCUT2D eigenvalue weighted by atomic mass is 10.0. The molecule has 0 aliphatic carbocycles. The Morgan fingerprint density at radius 1 is 1.15 bits per heavy atom. The van der Waals surface area contributed by atoms with E-state index in [0.29, 0.717) is 15.7 Å². The van der Waals surface area contributed by atoms with Crippen LogP contribution in [0.2, 0.25) is 5.02 Å². The first-order valence-electron chi connectivity index (χ1n) is 6.49. The zero-order valence-electron chi connectivity index (χ0n) is 11.6. The Bertz CT molecular complexity index is 615. The summed E-state index contributed by atoms with van der Waals surface area (Å²) in [5, 5.41) is 3.80. The van der Waals surface area contributed by atoms with Crippen molar-refractivity contribution in [2.24, 2.45) is 0 Å². The van der Waals surface area contributed by atoms with Crippen molar-refractivity contribution in [3.05, 3.63) is 64.7 Å². The van der Waals surface area contributed by atoms with Gasteiger partial charge in [-0.2, -0.15) is 0 Å². The number of hydrogen-bond acceptors (Lipinski definition) is 2. The van der Waals surface area contributed by atoms with E-state index in [1.807, 2.05) is 37.4 Å². The van der Waals surface area contributed by atoms with E-state index < -0.39 is 10.8 Å². The van der Waals surface area contributed by atoms with Crippen molar-refractivity contribution >= 4 is 22.4 Å². The minimum absolute atomic E-state index is 0.0494. The summed E-state index contributed by atoms with van der Waals surface area (Å²) < 4.78 is 12.5. The molecule has 2 aromatic rings. The average Bonchev–Trinajstić information content (AvgIpc) is 2.46. The summed E-state index contributed by atoms with van der Waals surface area (Å²) >= 11 is 6.11. The molecule has 0 bridgehead atoms. The fourth-order valence-electron chi connectivity index (χ4n) is 2.18. The molecule has 20 heavy (non-hydrogen) atoms. The van der Waals surface area contributed by atoms with Crippen LogP contribution in [0.25, 0.3) is 0 Å². The molecular weight excluding hydrogens is 290 g/mol. The first-order chi connectivity index (χ1) is 9.63. The minimum Gasteiger partial charge on any atom is -0.312 e. The first-order valence-corrected chi connectivity index (χ1v) is 8.19. The van der Waals surface area contributed by atoms with Crippen LogP contribution < -0.4 is 5.32 Å². The highest BCUT2D eigenvalue weighted by Crippen LogP contribution is 2.24. The number of hydrogen-bond donors (Lipinski definition) is 1. The molecular formula is C16H18ClNOS. The normalized spacial score (nSPS) is 13.9. The van der Waals surface area contributed by atoms with Crippen molar-refractivity contribution in [2.75, 3.05) is 12.8 Å². The van der Waals surface area contributed by atoms with Gasteiger partial charge in [-0.15, -0.1) is 0 Å². The third-order valence-electron chi connectivity index (χ3n) is 3.31. The Hall–Kier alpha value is -1.16. The summed E-state index contributed by atoms with van der Waals surface area (Å²) in [6.07, 6.45) is 0. The summed E-state index contributed by atoms with van der Waals surface area (Å²) in [6, 6.07) is 15.5. The van der Waals surface area contributed by atoms with Gasteiger partial charge in [-0.05, 0) is 37.2 Å². The molecule has 0 fully saturated rings. The zero-order chi connectivity index (χ0) is 14.5. The number of aryl methyl sites for hydroxylation is 1. The van der Waals surface area contributed by atoms with Gasteiger partial charge in [0, 0.05) is 11.8 Å². The lowest BCUT2D eigenvalue weighted by Crippen LogP contribution is -2.23. The summed E-state index contributed by atoms with van der Waals surface area (Å²) in [5.74, 6) is 0.505. The van der Waals surface area contributed by atoms with Gasteiger partial charge in [0.2, 0.25) is 0 Å². The summed E-state index contributed by atoms with van der Waals surface area (Å²) in [4.78, 5) is 0.697. The monoisotopic (exact) mass is 307 g/mol. The van der Waals surface area contributed by atoms with Gasteiger partial charge in [-0.25, -0.2) is 0 Å². The maximum Gasteiger partial charge on any atom is 0.0574 e. The van der Waals surface area contributed by atoms with Crippen LogP contribution in [0.15, 0.2) is 53.4 Å². The Kier molecular flexibility index (Phi) is 5.35. The van der Waals surface area contributed by atoms with Crippen molar-refractivity contribution in [3.63, 3.8) is 0 Å². The number of rotatable bonds is 5. The average molecular weight is 308 g/mol. The molecule has 0 heterocycles. The van der Waals surface area contributed by atoms with Crippen molar-refractivity contribution in [3.8, 4) is 0 Å². The predicted octanol–water partition coefficient (Wildman–Crippen LogP) is 3.72. The van der Waals surface area contributed by atoms with Gasteiger partial charge in [-0.3, -0.25) is 4.21 Å². The van der Waals surface area contributed by atoms with E-state index in [-0.39, 0.29) is 6.04 Å². The highest BCUT2D eigenvalue weighted by Gasteiger charge is 2.17. The predicted molar refractivity (Wildman–Crippen MR) is 85.7 cm³/mol. The molecule has 2 rings (SSSR count). The third kappa shape index (κ3) is 3.48. The summed E-state index contributed by atoms with van der Waals surface area (Å²) in [5.41, 5.74) is 2.37. The second-order valence-electron chi connectivity index (χ2n) is 4.64. The molecule has 0 aliphatic rings. The second-order valence-corrected chi connectivity index (χ2v) is 6.51. The van der Waals surface area contributed by atoms with Gasteiger partial charge in [-0.1, -0.05) is 48.0 Å². The Labute approximate surface area is 127 Å². The van der Waals surface area contributed by atoms with Crippen molar-refractivity contribution in [2.45, 2.75) is 17.9 Å². The van der Waals surface area contributed by atoms with Gasteiger partial charge in [0.15, 0.2) is 0 Å². The minimum atomic E-state index is -1.13.